The maximum atomic E-state index is 13.1. The minimum absolute atomic E-state index is 0. The summed E-state index contributed by atoms with van der Waals surface area (Å²) in [6, 6.07) is 9.76. The number of hydrogen-bond acceptors (Lipinski definition) is 7. The molecule has 6 nitrogen and oxygen atoms in total. The van der Waals surface area contributed by atoms with Crippen molar-refractivity contribution in [3.63, 3.8) is 0 Å². The molecule has 0 N–H and O–H groups in total. The van der Waals surface area contributed by atoms with Crippen molar-refractivity contribution in [3.05, 3.63) is 46.7 Å². The second kappa shape index (κ2) is 10.9. The van der Waals surface area contributed by atoms with Crippen LogP contribution in [0.2, 0.25) is 0 Å². The molecule has 9 heteroatoms. The van der Waals surface area contributed by atoms with E-state index in [0.29, 0.717) is 11.7 Å². The molecule has 0 atom stereocenters. The number of thiazole rings is 1. The summed E-state index contributed by atoms with van der Waals surface area (Å²) >= 11 is 3.12. The van der Waals surface area contributed by atoms with Crippen molar-refractivity contribution in [2.75, 3.05) is 51.4 Å². The number of rotatable bonds is 7. The van der Waals surface area contributed by atoms with Gasteiger partial charge in [0.2, 0.25) is 0 Å². The van der Waals surface area contributed by atoms with Crippen molar-refractivity contribution in [2.24, 2.45) is 0 Å². The lowest BCUT2D eigenvalue weighted by molar-refractivity contribution is -0.114. The highest BCUT2D eigenvalue weighted by Gasteiger charge is 2.20. The predicted octanol–water partition coefficient (Wildman–Crippen LogP) is 4.17. The Bertz CT molecular complexity index is 985. The summed E-state index contributed by atoms with van der Waals surface area (Å²) in [6.07, 6.45) is 3.50. The van der Waals surface area contributed by atoms with Crippen LogP contribution in [0.15, 0.2) is 41.8 Å². The number of halogens is 1. The lowest BCUT2D eigenvalue weighted by Crippen LogP contribution is -2.42. The Kier molecular flexibility index (Phi) is 8.24. The van der Waals surface area contributed by atoms with Crippen molar-refractivity contribution in [2.45, 2.75) is 0 Å². The normalized spacial score (nSPS) is 14.7. The SMILES string of the molecule is COc1ccc2nc(N(CCN3CCOCC3)C(=O)/C=C/c3cccs3)sc2c1.Cl. The highest BCUT2D eigenvalue weighted by Crippen LogP contribution is 2.31. The average molecular weight is 466 g/mol. The molecule has 0 aliphatic carbocycles. The summed E-state index contributed by atoms with van der Waals surface area (Å²) in [7, 11) is 1.65. The number of amides is 1. The van der Waals surface area contributed by atoms with Crippen LogP contribution in [0.3, 0.4) is 0 Å². The molecule has 0 radical (unpaired) electrons. The summed E-state index contributed by atoms with van der Waals surface area (Å²) in [5.41, 5.74) is 0.872. The van der Waals surface area contributed by atoms with Crippen LogP contribution in [0, 0.1) is 0 Å². The Hall–Kier alpha value is -1.97. The first-order valence-electron chi connectivity index (χ1n) is 9.51. The van der Waals surface area contributed by atoms with Gasteiger partial charge < -0.3 is 9.47 Å². The molecule has 0 bridgehead atoms. The van der Waals surface area contributed by atoms with Crippen LogP contribution < -0.4 is 9.64 Å². The number of methoxy groups -OCH3 is 1. The van der Waals surface area contributed by atoms with E-state index in [1.54, 1.807) is 29.4 Å². The van der Waals surface area contributed by atoms with Gasteiger partial charge in [-0.2, -0.15) is 0 Å². The van der Waals surface area contributed by atoms with Crippen LogP contribution in [-0.4, -0.2) is 62.3 Å². The van der Waals surface area contributed by atoms with Gasteiger partial charge in [-0.15, -0.1) is 23.7 Å². The smallest absolute Gasteiger partial charge is 0.252 e. The molecule has 4 rings (SSSR count). The molecule has 1 aromatic carbocycles. The number of nitrogens with zero attached hydrogens (tertiary/aromatic N) is 3. The molecule has 0 spiro atoms. The summed E-state index contributed by atoms with van der Waals surface area (Å²) in [6.45, 7) is 4.65. The number of anilines is 1. The zero-order valence-electron chi connectivity index (χ0n) is 16.7. The third-order valence-electron chi connectivity index (χ3n) is 4.76. The molecule has 30 heavy (non-hydrogen) atoms. The number of hydrogen-bond donors (Lipinski definition) is 0. The zero-order valence-corrected chi connectivity index (χ0v) is 19.1. The van der Waals surface area contributed by atoms with Crippen molar-refractivity contribution in [1.82, 2.24) is 9.88 Å². The first-order chi connectivity index (χ1) is 14.2. The van der Waals surface area contributed by atoms with E-state index in [1.807, 2.05) is 41.8 Å². The van der Waals surface area contributed by atoms with Gasteiger partial charge in [-0.25, -0.2) is 4.98 Å². The Morgan fingerprint density at radius 1 is 1.33 bits per heavy atom. The summed E-state index contributed by atoms with van der Waals surface area (Å²) < 4.78 is 11.7. The minimum atomic E-state index is -0.0577. The van der Waals surface area contributed by atoms with Gasteiger partial charge in [0.1, 0.15) is 5.75 Å². The molecule has 1 saturated heterocycles. The van der Waals surface area contributed by atoms with Gasteiger partial charge in [-0.05, 0) is 35.7 Å². The maximum Gasteiger partial charge on any atom is 0.252 e. The molecule has 2 aromatic heterocycles. The first kappa shape index (κ1) is 22.7. The van der Waals surface area contributed by atoms with Crippen LogP contribution in [0.5, 0.6) is 5.75 Å². The standard InChI is InChI=1S/C21H23N3O3S2.ClH/c1-26-16-4-6-18-19(15-16)29-21(22-18)24(9-8-23-10-12-27-13-11-23)20(25)7-5-17-3-2-14-28-17;/h2-7,14-15H,8-13H2,1H3;1H/b7-5+;. The van der Waals surface area contributed by atoms with E-state index in [4.69, 9.17) is 14.5 Å². The third-order valence-corrected chi connectivity index (χ3v) is 6.64. The Morgan fingerprint density at radius 2 is 2.17 bits per heavy atom. The fraction of sp³-hybridized carbons (Fsp3) is 0.333. The number of thiophene rings is 1. The Balaban J connectivity index is 0.00000256. The molecule has 1 amide bonds. The highest BCUT2D eigenvalue weighted by atomic mass is 35.5. The summed E-state index contributed by atoms with van der Waals surface area (Å²) in [4.78, 5) is 22.9. The van der Waals surface area contributed by atoms with Gasteiger partial charge >= 0.3 is 0 Å². The highest BCUT2D eigenvalue weighted by molar-refractivity contribution is 7.22. The van der Waals surface area contributed by atoms with Gasteiger partial charge in [-0.3, -0.25) is 14.6 Å². The molecule has 0 saturated carbocycles. The lowest BCUT2D eigenvalue weighted by Gasteiger charge is -2.28. The van der Waals surface area contributed by atoms with E-state index in [2.05, 4.69) is 4.90 Å². The first-order valence-corrected chi connectivity index (χ1v) is 11.2. The van der Waals surface area contributed by atoms with E-state index in [1.165, 1.54) is 11.3 Å². The number of ether oxygens (including phenoxy) is 2. The lowest BCUT2D eigenvalue weighted by atomic mass is 10.3. The van der Waals surface area contributed by atoms with Gasteiger partial charge in [0.15, 0.2) is 5.13 Å². The van der Waals surface area contributed by atoms with Crippen LogP contribution in [0.1, 0.15) is 4.88 Å². The van der Waals surface area contributed by atoms with Crippen molar-refractivity contribution in [1.29, 1.82) is 0 Å². The Labute approximate surface area is 190 Å². The molecule has 160 valence electrons. The van der Waals surface area contributed by atoms with E-state index in [-0.39, 0.29) is 18.3 Å². The zero-order chi connectivity index (χ0) is 20.1. The third kappa shape index (κ3) is 5.59. The number of aromatic nitrogens is 1. The molecule has 1 aliphatic heterocycles. The van der Waals surface area contributed by atoms with E-state index < -0.39 is 0 Å². The average Bonchev–Trinajstić information content (AvgIpc) is 3.42. The maximum absolute atomic E-state index is 13.1. The summed E-state index contributed by atoms with van der Waals surface area (Å²) in [5.74, 6) is 0.731. The monoisotopic (exact) mass is 465 g/mol. The van der Waals surface area contributed by atoms with Crippen LogP contribution in [-0.2, 0) is 9.53 Å². The molecule has 1 aliphatic rings. The molecular weight excluding hydrogens is 442 g/mol. The number of carbonyl (C=O) groups excluding carboxylic acids is 1. The van der Waals surface area contributed by atoms with Crippen molar-refractivity contribution in [3.8, 4) is 5.75 Å². The van der Waals surface area contributed by atoms with Crippen LogP contribution in [0.25, 0.3) is 16.3 Å². The molecular formula is C21H24ClN3O3S2. The number of fused-ring (bicyclic) bond motifs is 1. The second-order valence-electron chi connectivity index (χ2n) is 6.62. The molecule has 0 unspecified atom stereocenters. The van der Waals surface area contributed by atoms with Gasteiger partial charge in [0.05, 0.1) is 30.5 Å². The van der Waals surface area contributed by atoms with Gasteiger partial charge in [0, 0.05) is 37.1 Å². The largest absolute Gasteiger partial charge is 0.497 e. The minimum Gasteiger partial charge on any atom is -0.497 e. The van der Waals surface area contributed by atoms with E-state index in [0.717, 1.165) is 53.7 Å². The number of carbonyl (C=O) groups is 1. The van der Waals surface area contributed by atoms with Gasteiger partial charge in [0.25, 0.3) is 5.91 Å². The van der Waals surface area contributed by atoms with E-state index >= 15 is 0 Å². The predicted molar refractivity (Wildman–Crippen MR) is 126 cm³/mol. The van der Waals surface area contributed by atoms with E-state index in [9.17, 15) is 4.79 Å². The van der Waals surface area contributed by atoms with Crippen molar-refractivity contribution >= 4 is 62.4 Å². The topological polar surface area (TPSA) is 54.9 Å². The fourth-order valence-electron chi connectivity index (χ4n) is 3.13. The quantitative estimate of drug-likeness (QED) is 0.490. The Morgan fingerprint density at radius 3 is 2.90 bits per heavy atom. The fourth-order valence-corrected chi connectivity index (χ4v) is 4.77. The number of morpholine rings is 1. The molecule has 3 heterocycles. The molecule has 3 aromatic rings. The van der Waals surface area contributed by atoms with Crippen LogP contribution >= 0.6 is 35.1 Å². The van der Waals surface area contributed by atoms with Crippen molar-refractivity contribution < 1.29 is 14.3 Å². The molecule has 1 fully saturated rings. The van der Waals surface area contributed by atoms with Crippen LogP contribution in [0.4, 0.5) is 5.13 Å². The van der Waals surface area contributed by atoms with Gasteiger partial charge in [-0.1, -0.05) is 17.4 Å². The summed E-state index contributed by atoms with van der Waals surface area (Å²) in [5, 5.41) is 2.71. The second-order valence-corrected chi connectivity index (χ2v) is 8.61. The number of benzene rings is 1.